The van der Waals surface area contributed by atoms with Gasteiger partial charge in [-0.15, -0.1) is 0 Å². The van der Waals surface area contributed by atoms with Crippen molar-refractivity contribution in [3.8, 4) is 0 Å². The summed E-state index contributed by atoms with van der Waals surface area (Å²) in [4.78, 5) is 13.7. The Bertz CT molecular complexity index is 634. The molecule has 0 saturated carbocycles. The Kier molecular flexibility index (Phi) is 4.09. The van der Waals surface area contributed by atoms with Gasteiger partial charge in [0.1, 0.15) is 5.82 Å². The molecule has 0 aliphatic carbocycles. The van der Waals surface area contributed by atoms with Gasteiger partial charge < -0.3 is 4.90 Å². The average Bonchev–Trinajstić information content (AvgIpc) is 2.73. The van der Waals surface area contributed by atoms with Crippen LogP contribution in [-0.4, -0.2) is 27.6 Å². The average molecular weight is 296 g/mol. The van der Waals surface area contributed by atoms with Crippen LogP contribution in [0.2, 0.25) is 5.02 Å². The van der Waals surface area contributed by atoms with Crippen molar-refractivity contribution in [3.63, 3.8) is 0 Å². The molecule has 20 heavy (non-hydrogen) atoms. The second-order valence-electron chi connectivity index (χ2n) is 4.63. The molecule has 6 heteroatoms. The predicted octanol–water partition coefficient (Wildman–Crippen LogP) is 2.79. The van der Waals surface area contributed by atoms with Crippen molar-refractivity contribution in [2.45, 2.75) is 13.5 Å². The molecular formula is C14H15ClFN3O. The first kappa shape index (κ1) is 14.5. The van der Waals surface area contributed by atoms with Gasteiger partial charge in [-0.25, -0.2) is 4.39 Å². The third-order valence-corrected chi connectivity index (χ3v) is 3.62. The Morgan fingerprint density at radius 2 is 2.20 bits per heavy atom. The quantitative estimate of drug-likeness (QED) is 0.873. The van der Waals surface area contributed by atoms with Crippen molar-refractivity contribution in [1.29, 1.82) is 0 Å². The molecule has 0 fully saturated rings. The van der Waals surface area contributed by atoms with E-state index in [1.165, 1.54) is 23.2 Å². The number of nitrogens with zero attached hydrogens (tertiary/aromatic N) is 3. The van der Waals surface area contributed by atoms with Crippen molar-refractivity contribution in [1.82, 2.24) is 14.7 Å². The summed E-state index contributed by atoms with van der Waals surface area (Å²) in [6, 6.07) is 4.47. The van der Waals surface area contributed by atoms with Crippen molar-refractivity contribution in [2.24, 2.45) is 7.05 Å². The summed E-state index contributed by atoms with van der Waals surface area (Å²) < 4.78 is 15.3. The SMILES string of the molecule is Cc1c(C(=O)N(C)Cc2c(F)cccc2Cl)cnn1C. The Hall–Kier alpha value is -1.88. The number of hydrogen-bond donors (Lipinski definition) is 0. The summed E-state index contributed by atoms with van der Waals surface area (Å²) in [7, 11) is 3.37. The molecule has 0 atom stereocenters. The summed E-state index contributed by atoms with van der Waals surface area (Å²) in [6.45, 7) is 1.92. The molecule has 0 aliphatic heterocycles. The van der Waals surface area contributed by atoms with Crippen LogP contribution in [0.25, 0.3) is 0 Å². The number of amides is 1. The maximum absolute atomic E-state index is 13.7. The highest BCUT2D eigenvalue weighted by molar-refractivity contribution is 6.31. The summed E-state index contributed by atoms with van der Waals surface area (Å²) >= 11 is 5.97. The molecule has 2 rings (SSSR count). The van der Waals surface area contributed by atoms with Crippen LogP contribution >= 0.6 is 11.6 Å². The highest BCUT2D eigenvalue weighted by atomic mass is 35.5. The molecule has 0 spiro atoms. The standard InChI is InChI=1S/C14H15ClFN3O/c1-9-10(7-17-19(9)3)14(20)18(2)8-11-12(15)5-4-6-13(11)16/h4-7H,8H2,1-3H3. The summed E-state index contributed by atoms with van der Waals surface area (Å²) in [5.74, 6) is -0.630. The van der Waals surface area contributed by atoms with Gasteiger partial charge in [-0.1, -0.05) is 17.7 Å². The number of halogens is 2. The molecule has 4 nitrogen and oxygen atoms in total. The number of aromatic nitrogens is 2. The highest BCUT2D eigenvalue weighted by Gasteiger charge is 2.19. The molecule has 1 heterocycles. The second-order valence-corrected chi connectivity index (χ2v) is 5.04. The number of aryl methyl sites for hydroxylation is 1. The van der Waals surface area contributed by atoms with E-state index in [1.807, 2.05) is 6.92 Å². The van der Waals surface area contributed by atoms with Crippen molar-refractivity contribution in [3.05, 3.63) is 52.1 Å². The van der Waals surface area contributed by atoms with Gasteiger partial charge in [-0.05, 0) is 19.1 Å². The minimum absolute atomic E-state index is 0.110. The summed E-state index contributed by atoms with van der Waals surface area (Å²) in [5.41, 5.74) is 1.58. The zero-order chi connectivity index (χ0) is 14.9. The van der Waals surface area contributed by atoms with Gasteiger partial charge in [0, 0.05) is 36.9 Å². The van der Waals surface area contributed by atoms with Crippen LogP contribution in [0.1, 0.15) is 21.6 Å². The monoisotopic (exact) mass is 295 g/mol. The van der Waals surface area contributed by atoms with E-state index in [1.54, 1.807) is 24.8 Å². The van der Waals surface area contributed by atoms with Crippen LogP contribution in [0.5, 0.6) is 0 Å². The molecule has 0 saturated heterocycles. The van der Waals surface area contributed by atoms with E-state index in [0.717, 1.165) is 5.69 Å². The Balaban J connectivity index is 2.22. The zero-order valence-corrected chi connectivity index (χ0v) is 12.3. The Labute approximate surface area is 121 Å². The van der Waals surface area contributed by atoms with E-state index in [-0.39, 0.29) is 12.5 Å². The molecule has 0 bridgehead atoms. The van der Waals surface area contributed by atoms with Crippen LogP contribution in [0, 0.1) is 12.7 Å². The minimum Gasteiger partial charge on any atom is -0.337 e. The number of rotatable bonds is 3. The van der Waals surface area contributed by atoms with Crippen molar-refractivity contribution in [2.75, 3.05) is 7.05 Å². The maximum atomic E-state index is 13.7. The lowest BCUT2D eigenvalue weighted by Crippen LogP contribution is -2.27. The topological polar surface area (TPSA) is 38.1 Å². The summed E-state index contributed by atoms with van der Waals surface area (Å²) in [5, 5.41) is 4.34. The van der Waals surface area contributed by atoms with Crippen LogP contribution in [0.15, 0.2) is 24.4 Å². The minimum atomic E-state index is -0.417. The smallest absolute Gasteiger partial charge is 0.257 e. The second kappa shape index (κ2) is 5.63. The fraction of sp³-hybridized carbons (Fsp3) is 0.286. The molecule has 0 unspecified atom stereocenters. The van der Waals surface area contributed by atoms with Crippen LogP contribution in [0.4, 0.5) is 4.39 Å². The lowest BCUT2D eigenvalue weighted by molar-refractivity contribution is 0.0783. The van der Waals surface area contributed by atoms with E-state index in [9.17, 15) is 9.18 Å². The molecule has 1 amide bonds. The molecule has 0 N–H and O–H groups in total. The molecule has 1 aromatic carbocycles. The van der Waals surface area contributed by atoms with Gasteiger partial charge in [-0.3, -0.25) is 9.48 Å². The third-order valence-electron chi connectivity index (χ3n) is 3.27. The molecule has 2 aromatic rings. The third kappa shape index (κ3) is 2.67. The number of carbonyl (C=O) groups excluding carboxylic acids is 1. The lowest BCUT2D eigenvalue weighted by Gasteiger charge is -2.18. The van der Waals surface area contributed by atoms with E-state index in [2.05, 4.69) is 5.10 Å². The number of hydrogen-bond acceptors (Lipinski definition) is 2. The first-order valence-electron chi connectivity index (χ1n) is 6.08. The number of carbonyl (C=O) groups is 1. The van der Waals surface area contributed by atoms with Gasteiger partial charge >= 0.3 is 0 Å². The predicted molar refractivity (Wildman–Crippen MR) is 75.2 cm³/mol. The van der Waals surface area contributed by atoms with Gasteiger partial charge in [0.05, 0.1) is 11.8 Å². The lowest BCUT2D eigenvalue weighted by atomic mass is 10.1. The van der Waals surface area contributed by atoms with Crippen LogP contribution in [-0.2, 0) is 13.6 Å². The first-order valence-corrected chi connectivity index (χ1v) is 6.46. The van der Waals surface area contributed by atoms with Gasteiger partial charge in [0.15, 0.2) is 0 Å². The number of benzene rings is 1. The normalized spacial score (nSPS) is 10.7. The molecule has 1 aromatic heterocycles. The zero-order valence-electron chi connectivity index (χ0n) is 11.5. The van der Waals surface area contributed by atoms with E-state index < -0.39 is 5.82 Å². The Morgan fingerprint density at radius 3 is 2.75 bits per heavy atom. The maximum Gasteiger partial charge on any atom is 0.257 e. The molecule has 106 valence electrons. The molecule has 0 radical (unpaired) electrons. The Morgan fingerprint density at radius 1 is 1.50 bits per heavy atom. The first-order chi connectivity index (χ1) is 9.41. The van der Waals surface area contributed by atoms with Crippen molar-refractivity contribution >= 4 is 17.5 Å². The fourth-order valence-electron chi connectivity index (χ4n) is 1.91. The van der Waals surface area contributed by atoms with Gasteiger partial charge in [0.2, 0.25) is 0 Å². The fourth-order valence-corrected chi connectivity index (χ4v) is 2.13. The van der Waals surface area contributed by atoms with Crippen molar-refractivity contribution < 1.29 is 9.18 Å². The molecular weight excluding hydrogens is 281 g/mol. The van der Waals surface area contributed by atoms with Crippen LogP contribution in [0.3, 0.4) is 0 Å². The summed E-state index contributed by atoms with van der Waals surface area (Å²) in [6.07, 6.45) is 1.51. The van der Waals surface area contributed by atoms with E-state index >= 15 is 0 Å². The van der Waals surface area contributed by atoms with Gasteiger partial charge in [-0.2, -0.15) is 5.10 Å². The van der Waals surface area contributed by atoms with E-state index in [4.69, 9.17) is 11.6 Å². The molecule has 0 aliphatic rings. The van der Waals surface area contributed by atoms with Gasteiger partial charge in [0.25, 0.3) is 5.91 Å². The largest absolute Gasteiger partial charge is 0.337 e. The van der Waals surface area contributed by atoms with E-state index in [0.29, 0.717) is 16.1 Å². The van der Waals surface area contributed by atoms with Crippen LogP contribution < -0.4 is 0 Å². The highest BCUT2D eigenvalue weighted by Crippen LogP contribution is 2.21.